The first-order valence-electron chi connectivity index (χ1n) is 8.41. The fraction of sp³-hybridized carbons (Fsp3) is 0.250. The second-order valence-corrected chi connectivity index (χ2v) is 6.91. The normalized spacial score (nSPS) is 11.2. The van der Waals surface area contributed by atoms with Crippen LogP contribution in [0.2, 0.25) is 0 Å². The van der Waals surface area contributed by atoms with E-state index in [1.807, 2.05) is 6.07 Å². The maximum atomic E-state index is 12.9. The number of ether oxygens (including phenoxy) is 1. The van der Waals surface area contributed by atoms with Crippen LogP contribution in [0.25, 0.3) is 0 Å². The predicted octanol–water partition coefficient (Wildman–Crippen LogP) is 1.90. The Labute approximate surface area is 166 Å². The van der Waals surface area contributed by atoms with Crippen LogP contribution >= 0.6 is 11.8 Å². The number of carbonyl (C=O) groups excluding carboxylic acids is 2. The second-order valence-electron chi connectivity index (χ2n) is 5.93. The van der Waals surface area contributed by atoms with E-state index in [4.69, 9.17) is 4.74 Å². The first-order valence-corrected chi connectivity index (χ1v) is 9.57. The lowest BCUT2D eigenvalue weighted by Gasteiger charge is -2.11. The van der Waals surface area contributed by atoms with E-state index in [9.17, 15) is 19.1 Å². The number of rotatable bonds is 9. The summed E-state index contributed by atoms with van der Waals surface area (Å²) in [5.74, 6) is -0.824. The number of carboxylic acids is 1. The van der Waals surface area contributed by atoms with Crippen LogP contribution in [0.4, 0.5) is 4.39 Å². The standard InChI is InChI=1S/C20H21FN2O4S/c1-13(22-23-19(24)9-14-3-6-17(21)7-4-14)15-5-8-18(27-2)16(10-15)11-28-12-20(25)26/h3-8,10H,9,11-12H2,1-2H3,(H,23,24)(H,25,26)/p-1/b22-13-. The molecule has 1 N–H and O–H groups in total. The quantitative estimate of drug-likeness (QED) is 0.510. The Kier molecular flexibility index (Phi) is 8.01. The van der Waals surface area contributed by atoms with Crippen molar-refractivity contribution in [2.24, 2.45) is 5.10 Å². The number of methoxy groups -OCH3 is 1. The van der Waals surface area contributed by atoms with Crippen LogP contribution in [0, 0.1) is 5.82 Å². The number of hydrogen-bond donors (Lipinski definition) is 1. The summed E-state index contributed by atoms with van der Waals surface area (Å²) in [6, 6.07) is 11.1. The summed E-state index contributed by atoms with van der Waals surface area (Å²) in [6.07, 6.45) is 0.0881. The van der Waals surface area contributed by atoms with Gasteiger partial charge in [0.25, 0.3) is 0 Å². The fourth-order valence-electron chi connectivity index (χ4n) is 2.40. The lowest BCUT2D eigenvalue weighted by Crippen LogP contribution is -2.24. The van der Waals surface area contributed by atoms with E-state index in [1.54, 1.807) is 38.3 Å². The van der Waals surface area contributed by atoms with Crippen molar-refractivity contribution in [1.82, 2.24) is 5.43 Å². The highest BCUT2D eigenvalue weighted by molar-refractivity contribution is 7.99. The minimum Gasteiger partial charge on any atom is -0.549 e. The van der Waals surface area contributed by atoms with Gasteiger partial charge in [-0.1, -0.05) is 12.1 Å². The van der Waals surface area contributed by atoms with Crippen molar-refractivity contribution in [3.63, 3.8) is 0 Å². The number of carbonyl (C=O) groups is 2. The van der Waals surface area contributed by atoms with Gasteiger partial charge in [0.2, 0.25) is 5.91 Å². The van der Waals surface area contributed by atoms with Crippen molar-refractivity contribution in [2.75, 3.05) is 12.9 Å². The fourth-order valence-corrected chi connectivity index (χ4v) is 3.11. The number of nitrogens with zero attached hydrogens (tertiary/aromatic N) is 1. The summed E-state index contributed by atoms with van der Waals surface area (Å²) < 4.78 is 18.2. The Balaban J connectivity index is 2.02. The lowest BCUT2D eigenvalue weighted by molar-refractivity contribution is -0.301. The first-order chi connectivity index (χ1) is 13.4. The van der Waals surface area contributed by atoms with Crippen LogP contribution in [0.15, 0.2) is 47.6 Å². The molecular weight excluding hydrogens is 383 g/mol. The van der Waals surface area contributed by atoms with Gasteiger partial charge >= 0.3 is 0 Å². The Morgan fingerprint density at radius 3 is 2.57 bits per heavy atom. The molecule has 0 aliphatic rings. The zero-order valence-corrected chi connectivity index (χ0v) is 16.3. The van der Waals surface area contributed by atoms with Crippen molar-refractivity contribution < 1.29 is 23.8 Å². The molecule has 0 bridgehead atoms. The molecule has 0 heterocycles. The third-order valence-electron chi connectivity index (χ3n) is 3.80. The third kappa shape index (κ3) is 6.70. The minimum atomic E-state index is -1.12. The highest BCUT2D eigenvalue weighted by Gasteiger charge is 2.08. The van der Waals surface area contributed by atoms with Crippen LogP contribution in [-0.4, -0.2) is 30.5 Å². The highest BCUT2D eigenvalue weighted by atomic mass is 32.2. The Bertz CT molecular complexity index is 869. The number of amides is 1. The average molecular weight is 403 g/mol. The number of halogens is 1. The number of aliphatic carboxylic acids is 1. The number of benzene rings is 2. The van der Waals surface area contributed by atoms with Gasteiger partial charge in [0, 0.05) is 17.1 Å². The molecule has 0 radical (unpaired) electrons. The molecule has 0 aliphatic heterocycles. The van der Waals surface area contributed by atoms with E-state index < -0.39 is 5.97 Å². The molecular formula is C20H20FN2O4S-. The van der Waals surface area contributed by atoms with Crippen LogP contribution in [-0.2, 0) is 21.8 Å². The zero-order valence-electron chi connectivity index (χ0n) is 15.5. The largest absolute Gasteiger partial charge is 0.549 e. The van der Waals surface area contributed by atoms with E-state index in [-0.39, 0.29) is 23.9 Å². The summed E-state index contributed by atoms with van der Waals surface area (Å²) >= 11 is 1.21. The van der Waals surface area contributed by atoms with Crippen molar-refractivity contribution in [2.45, 2.75) is 19.1 Å². The van der Waals surface area contributed by atoms with E-state index in [0.717, 1.165) is 11.1 Å². The van der Waals surface area contributed by atoms with Gasteiger partial charge in [0.05, 0.1) is 25.2 Å². The zero-order chi connectivity index (χ0) is 20.5. The number of hydrogen-bond acceptors (Lipinski definition) is 6. The molecule has 0 atom stereocenters. The van der Waals surface area contributed by atoms with Crippen molar-refractivity contribution in [1.29, 1.82) is 0 Å². The summed E-state index contributed by atoms with van der Waals surface area (Å²) in [7, 11) is 1.54. The van der Waals surface area contributed by atoms with Crippen LogP contribution in [0.1, 0.15) is 23.6 Å². The van der Waals surface area contributed by atoms with Gasteiger partial charge in [-0.3, -0.25) is 4.79 Å². The monoisotopic (exact) mass is 403 g/mol. The molecule has 6 nitrogen and oxygen atoms in total. The summed E-state index contributed by atoms with van der Waals surface area (Å²) in [5, 5.41) is 14.7. The van der Waals surface area contributed by atoms with Crippen LogP contribution in [0.5, 0.6) is 5.75 Å². The number of nitrogens with one attached hydrogen (secondary N) is 1. The van der Waals surface area contributed by atoms with Crippen molar-refractivity contribution in [3.05, 3.63) is 65.0 Å². The van der Waals surface area contributed by atoms with Crippen LogP contribution in [0.3, 0.4) is 0 Å². The molecule has 0 saturated carbocycles. The van der Waals surface area contributed by atoms with Crippen molar-refractivity contribution in [3.8, 4) is 5.75 Å². The smallest absolute Gasteiger partial charge is 0.244 e. The third-order valence-corrected chi connectivity index (χ3v) is 4.76. The second kappa shape index (κ2) is 10.5. The van der Waals surface area contributed by atoms with Gasteiger partial charge in [-0.25, -0.2) is 9.82 Å². The highest BCUT2D eigenvalue weighted by Crippen LogP contribution is 2.24. The lowest BCUT2D eigenvalue weighted by atomic mass is 10.1. The van der Waals surface area contributed by atoms with E-state index in [0.29, 0.717) is 22.8 Å². The molecule has 8 heteroatoms. The molecule has 28 heavy (non-hydrogen) atoms. The molecule has 1 amide bonds. The van der Waals surface area contributed by atoms with Gasteiger partial charge < -0.3 is 14.6 Å². The first kappa shape index (κ1) is 21.4. The summed E-state index contributed by atoms with van der Waals surface area (Å²) in [6.45, 7) is 1.75. The van der Waals surface area contributed by atoms with E-state index >= 15 is 0 Å². The molecule has 0 saturated heterocycles. The number of carboxylic acid groups (broad SMARTS) is 1. The molecule has 0 fully saturated rings. The Morgan fingerprint density at radius 1 is 1.21 bits per heavy atom. The van der Waals surface area contributed by atoms with Gasteiger partial charge in [-0.15, -0.1) is 0 Å². The Hall–Kier alpha value is -2.87. The van der Waals surface area contributed by atoms with Crippen LogP contribution < -0.4 is 15.3 Å². The number of thioether (sulfide) groups is 1. The van der Waals surface area contributed by atoms with E-state index in [1.165, 1.54) is 23.9 Å². The minimum absolute atomic E-state index is 0.0881. The summed E-state index contributed by atoms with van der Waals surface area (Å²) in [4.78, 5) is 22.6. The maximum Gasteiger partial charge on any atom is 0.244 e. The molecule has 148 valence electrons. The maximum absolute atomic E-state index is 12.9. The SMILES string of the molecule is COc1ccc(/C(C)=N\NC(=O)Cc2ccc(F)cc2)cc1CSCC(=O)[O-]. The summed E-state index contributed by atoms with van der Waals surface area (Å²) in [5.41, 5.74) is 5.34. The topological polar surface area (TPSA) is 90.8 Å². The molecule has 0 spiro atoms. The van der Waals surface area contributed by atoms with Crippen molar-refractivity contribution >= 4 is 29.4 Å². The van der Waals surface area contributed by atoms with Gasteiger partial charge in [0.1, 0.15) is 11.6 Å². The molecule has 0 aromatic heterocycles. The Morgan fingerprint density at radius 2 is 1.93 bits per heavy atom. The number of hydrazone groups is 1. The van der Waals surface area contributed by atoms with Gasteiger partial charge in [-0.05, 0) is 48.4 Å². The average Bonchev–Trinajstić information content (AvgIpc) is 2.67. The van der Waals surface area contributed by atoms with E-state index in [2.05, 4.69) is 10.5 Å². The molecule has 2 rings (SSSR count). The molecule has 2 aromatic carbocycles. The van der Waals surface area contributed by atoms with Gasteiger partial charge in [-0.2, -0.15) is 16.9 Å². The predicted molar refractivity (Wildman–Crippen MR) is 105 cm³/mol. The van der Waals surface area contributed by atoms with Gasteiger partial charge in [0.15, 0.2) is 0 Å². The molecule has 0 aliphatic carbocycles. The molecule has 2 aromatic rings. The molecule has 0 unspecified atom stereocenters.